The maximum Gasteiger partial charge on any atom is 0.200 e. The van der Waals surface area contributed by atoms with Gasteiger partial charge < -0.3 is 19.7 Å². The smallest absolute Gasteiger partial charge is 0.200 e. The van der Waals surface area contributed by atoms with Crippen LogP contribution in [0.15, 0.2) is 24.0 Å². The van der Waals surface area contributed by atoms with Crippen molar-refractivity contribution in [2.45, 2.75) is 18.9 Å². The van der Waals surface area contributed by atoms with Gasteiger partial charge in [0.2, 0.25) is 5.78 Å². The first kappa shape index (κ1) is 16.7. The number of carbonyl (C=O) groups is 3. The van der Waals surface area contributed by atoms with Crippen molar-refractivity contribution in [3.05, 3.63) is 35.1 Å². The number of hydrogen-bond acceptors (Lipinski definition) is 7. The van der Waals surface area contributed by atoms with E-state index in [0.717, 1.165) is 6.26 Å². The fourth-order valence-electron chi connectivity index (χ4n) is 2.61. The number of fused-ring (bicyclic) bond motifs is 1. The first-order valence-electron chi connectivity index (χ1n) is 6.72. The second-order valence-electron chi connectivity index (χ2n) is 5.23. The predicted octanol–water partition coefficient (Wildman–Crippen LogP) is 1.02. The Morgan fingerprint density at radius 2 is 1.96 bits per heavy atom. The molecule has 0 heterocycles. The average molecular weight is 320 g/mol. The largest absolute Gasteiger partial charge is 0.507 e. The van der Waals surface area contributed by atoms with Crippen LogP contribution in [0.3, 0.4) is 0 Å². The number of phenolic OH excluding ortho intramolecular Hbond substituents is 1. The number of phenols is 1. The fraction of sp³-hybridized carbons (Fsp3) is 0.312. The summed E-state index contributed by atoms with van der Waals surface area (Å²) in [6, 6.07) is 2.42. The van der Waals surface area contributed by atoms with Crippen LogP contribution in [0.1, 0.15) is 34.1 Å². The number of aromatic hydroxyl groups is 1. The van der Waals surface area contributed by atoms with Crippen LogP contribution >= 0.6 is 0 Å². The Balaban J connectivity index is 2.77. The zero-order chi connectivity index (χ0) is 17.4. The third kappa shape index (κ3) is 2.59. The highest BCUT2D eigenvalue weighted by Gasteiger charge is 2.51. The predicted molar refractivity (Wildman–Crippen MR) is 78.7 cm³/mol. The minimum atomic E-state index is -2.34. The van der Waals surface area contributed by atoms with E-state index in [0.29, 0.717) is 0 Å². The molecule has 1 aromatic carbocycles. The number of hydrogen-bond donors (Lipinski definition) is 2. The minimum absolute atomic E-state index is 0.145. The molecule has 122 valence electrons. The molecule has 0 bridgehead atoms. The van der Waals surface area contributed by atoms with E-state index in [1.807, 2.05) is 0 Å². The van der Waals surface area contributed by atoms with Crippen molar-refractivity contribution in [1.29, 1.82) is 0 Å². The highest BCUT2D eigenvalue weighted by atomic mass is 16.5. The van der Waals surface area contributed by atoms with Crippen molar-refractivity contribution in [3.8, 4) is 11.5 Å². The molecule has 2 N–H and O–H groups in total. The van der Waals surface area contributed by atoms with E-state index in [2.05, 4.69) is 0 Å². The van der Waals surface area contributed by atoms with Gasteiger partial charge in [0, 0.05) is 18.1 Å². The summed E-state index contributed by atoms with van der Waals surface area (Å²) in [5.74, 6) is -2.45. The Bertz CT molecular complexity index is 732. The number of aliphatic hydroxyl groups is 1. The van der Waals surface area contributed by atoms with Crippen molar-refractivity contribution in [2.24, 2.45) is 0 Å². The van der Waals surface area contributed by atoms with Gasteiger partial charge in [-0.1, -0.05) is 0 Å². The Labute approximate surface area is 132 Å². The summed E-state index contributed by atoms with van der Waals surface area (Å²) in [7, 11) is 2.57. The summed E-state index contributed by atoms with van der Waals surface area (Å²) >= 11 is 0. The van der Waals surface area contributed by atoms with Gasteiger partial charge in [0.15, 0.2) is 11.4 Å². The van der Waals surface area contributed by atoms with E-state index in [9.17, 15) is 24.6 Å². The van der Waals surface area contributed by atoms with Gasteiger partial charge in [0.25, 0.3) is 0 Å². The molecule has 2 rings (SSSR count). The monoisotopic (exact) mass is 320 g/mol. The molecule has 0 aromatic heterocycles. The molecule has 0 radical (unpaired) electrons. The lowest BCUT2D eigenvalue weighted by molar-refractivity contribution is -0.119. The maximum absolute atomic E-state index is 12.7. The molecular weight excluding hydrogens is 304 g/mol. The topological polar surface area (TPSA) is 110 Å². The lowest BCUT2D eigenvalue weighted by atomic mass is 9.72. The van der Waals surface area contributed by atoms with Crippen LogP contribution in [0.2, 0.25) is 0 Å². The standard InChI is InChI=1S/C16H16O7/c1-8(17)6-16(21)11(7-22-2)14(19)13-10(15(16)20)4-9(23-3)5-12(13)18/h4-5,7,18,21H,6H2,1-3H3/b11-7-. The SMILES string of the molecule is CO/C=C1/C(=O)c2c(O)cc(OC)cc2C(=O)C1(O)CC(C)=O. The molecule has 0 spiro atoms. The average Bonchev–Trinajstić information content (AvgIpc) is 2.48. The molecule has 0 saturated carbocycles. The third-order valence-corrected chi connectivity index (χ3v) is 3.60. The molecule has 0 fully saturated rings. The molecule has 1 atom stereocenters. The van der Waals surface area contributed by atoms with Crippen molar-refractivity contribution < 1.29 is 34.1 Å². The van der Waals surface area contributed by atoms with Crippen molar-refractivity contribution in [2.75, 3.05) is 14.2 Å². The first-order valence-corrected chi connectivity index (χ1v) is 6.72. The second-order valence-corrected chi connectivity index (χ2v) is 5.23. The Hall–Kier alpha value is -2.67. The van der Waals surface area contributed by atoms with Gasteiger partial charge in [-0.15, -0.1) is 0 Å². The number of rotatable bonds is 4. The van der Waals surface area contributed by atoms with Crippen LogP contribution in [-0.4, -0.2) is 47.4 Å². The molecule has 7 nitrogen and oxygen atoms in total. The quantitative estimate of drug-likeness (QED) is 0.629. The van der Waals surface area contributed by atoms with E-state index >= 15 is 0 Å². The van der Waals surface area contributed by atoms with Gasteiger partial charge in [0.05, 0.1) is 31.6 Å². The number of Topliss-reactive ketones (excluding diaryl/α,β-unsaturated/α-hetero) is 3. The third-order valence-electron chi connectivity index (χ3n) is 3.60. The molecule has 0 aliphatic heterocycles. The van der Waals surface area contributed by atoms with Crippen LogP contribution in [0, 0.1) is 0 Å². The van der Waals surface area contributed by atoms with E-state index in [4.69, 9.17) is 9.47 Å². The van der Waals surface area contributed by atoms with Gasteiger partial charge in [-0.3, -0.25) is 14.4 Å². The Morgan fingerprint density at radius 3 is 2.48 bits per heavy atom. The molecule has 1 aliphatic carbocycles. The van der Waals surface area contributed by atoms with E-state index in [-0.39, 0.29) is 16.9 Å². The molecule has 1 unspecified atom stereocenters. The van der Waals surface area contributed by atoms with Crippen molar-refractivity contribution >= 4 is 17.3 Å². The summed E-state index contributed by atoms with van der Waals surface area (Å²) in [5.41, 5.74) is -3.20. The van der Waals surface area contributed by atoms with Crippen LogP contribution in [-0.2, 0) is 9.53 Å². The molecular formula is C16H16O7. The van der Waals surface area contributed by atoms with E-state index in [1.54, 1.807) is 0 Å². The first-order chi connectivity index (χ1) is 10.8. The number of ketones is 3. The van der Waals surface area contributed by atoms with Crippen molar-refractivity contribution in [1.82, 2.24) is 0 Å². The fourth-order valence-corrected chi connectivity index (χ4v) is 2.61. The number of carbonyl (C=O) groups excluding carboxylic acids is 3. The lowest BCUT2D eigenvalue weighted by Gasteiger charge is -2.32. The lowest BCUT2D eigenvalue weighted by Crippen LogP contribution is -2.48. The highest BCUT2D eigenvalue weighted by molar-refractivity contribution is 6.28. The number of methoxy groups -OCH3 is 2. The Morgan fingerprint density at radius 1 is 1.30 bits per heavy atom. The van der Waals surface area contributed by atoms with Gasteiger partial charge in [-0.2, -0.15) is 0 Å². The summed E-state index contributed by atoms with van der Waals surface area (Å²) in [6.45, 7) is 1.19. The van der Waals surface area contributed by atoms with Gasteiger partial charge >= 0.3 is 0 Å². The molecule has 1 aliphatic rings. The van der Waals surface area contributed by atoms with Gasteiger partial charge in [0.1, 0.15) is 17.3 Å². The molecule has 7 heteroatoms. The van der Waals surface area contributed by atoms with Crippen LogP contribution in [0.4, 0.5) is 0 Å². The number of benzene rings is 1. The molecule has 0 amide bonds. The zero-order valence-corrected chi connectivity index (χ0v) is 12.9. The summed E-state index contributed by atoms with van der Waals surface area (Å²) in [5, 5.41) is 20.7. The summed E-state index contributed by atoms with van der Waals surface area (Å²) < 4.78 is 9.72. The minimum Gasteiger partial charge on any atom is -0.507 e. The molecule has 0 saturated heterocycles. The van der Waals surface area contributed by atoms with Crippen LogP contribution < -0.4 is 4.74 Å². The second kappa shape index (κ2) is 5.85. The van der Waals surface area contributed by atoms with Gasteiger partial charge in [-0.05, 0) is 13.0 Å². The van der Waals surface area contributed by atoms with Crippen molar-refractivity contribution in [3.63, 3.8) is 0 Å². The normalized spacial score (nSPS) is 22.0. The molecule has 23 heavy (non-hydrogen) atoms. The van der Waals surface area contributed by atoms with E-state index in [1.165, 1.54) is 33.3 Å². The van der Waals surface area contributed by atoms with Crippen LogP contribution in [0.5, 0.6) is 11.5 Å². The summed E-state index contributed by atoms with van der Waals surface area (Å²) in [4.78, 5) is 36.8. The Kier molecular flexibility index (Phi) is 4.24. The van der Waals surface area contributed by atoms with E-state index < -0.39 is 40.7 Å². The highest BCUT2D eigenvalue weighted by Crippen LogP contribution is 2.41. The van der Waals surface area contributed by atoms with Gasteiger partial charge in [-0.25, -0.2) is 0 Å². The summed E-state index contributed by atoms with van der Waals surface area (Å²) in [6.07, 6.45) is 0.333. The molecule has 1 aromatic rings. The van der Waals surface area contributed by atoms with Crippen LogP contribution in [0.25, 0.3) is 0 Å². The zero-order valence-electron chi connectivity index (χ0n) is 12.9. The number of ether oxygens (including phenoxy) is 2. The maximum atomic E-state index is 12.7.